The minimum Gasteiger partial charge on any atom is -0.305 e. The Bertz CT molecular complexity index is 274. The first-order valence-electron chi connectivity index (χ1n) is 3.59. The van der Waals surface area contributed by atoms with Gasteiger partial charge in [0, 0.05) is 6.54 Å². The van der Waals surface area contributed by atoms with E-state index in [-0.39, 0.29) is 0 Å². The molecule has 0 bridgehead atoms. The molecule has 0 aliphatic rings. The topological polar surface area (TPSA) is 25.6 Å². The lowest BCUT2D eigenvalue weighted by Crippen LogP contribution is -2.10. The van der Waals surface area contributed by atoms with Crippen LogP contribution in [0.2, 0.25) is 0 Å². The molecule has 0 aromatic heterocycles. The Morgan fingerprint density at radius 2 is 2.08 bits per heavy atom. The lowest BCUT2D eigenvalue weighted by molar-refractivity contribution is 0.0867. The molecule has 1 N–H and O–H groups in total. The van der Waals surface area contributed by atoms with E-state index in [1.54, 1.807) is 19.2 Å². The van der Waals surface area contributed by atoms with Gasteiger partial charge in [-0.1, -0.05) is 24.3 Å². The van der Waals surface area contributed by atoms with Crippen LogP contribution in [0.3, 0.4) is 0 Å². The van der Waals surface area contributed by atoms with E-state index in [1.807, 2.05) is 12.1 Å². The smallest absolute Gasteiger partial charge is 0.187 e. The second-order valence-electron chi connectivity index (χ2n) is 2.30. The molecule has 0 spiro atoms. The van der Waals surface area contributed by atoms with Crippen molar-refractivity contribution in [3.63, 3.8) is 0 Å². The van der Waals surface area contributed by atoms with Crippen LogP contribution < -0.4 is 5.48 Å². The van der Waals surface area contributed by atoms with Crippen LogP contribution in [0.5, 0.6) is 0 Å². The summed E-state index contributed by atoms with van der Waals surface area (Å²) in [5.41, 5.74) is 4.49. The summed E-state index contributed by atoms with van der Waals surface area (Å²) >= 11 is 0. The summed E-state index contributed by atoms with van der Waals surface area (Å²) in [5.74, 6) is 0. The van der Waals surface area contributed by atoms with Crippen molar-refractivity contribution in [1.82, 2.24) is 5.48 Å². The zero-order valence-corrected chi connectivity index (χ0v) is 6.87. The van der Waals surface area contributed by atoms with Gasteiger partial charge in [-0.25, -0.2) is 4.85 Å². The molecule has 0 aliphatic heterocycles. The van der Waals surface area contributed by atoms with Crippen molar-refractivity contribution in [1.29, 1.82) is 0 Å². The molecule has 0 heterocycles. The van der Waals surface area contributed by atoms with Crippen LogP contribution in [0.15, 0.2) is 24.3 Å². The molecule has 0 unspecified atom stereocenters. The molecule has 3 heteroatoms. The van der Waals surface area contributed by atoms with Crippen LogP contribution in [0.4, 0.5) is 5.69 Å². The molecule has 0 saturated heterocycles. The van der Waals surface area contributed by atoms with Crippen molar-refractivity contribution in [2.45, 2.75) is 6.54 Å². The number of hydroxylamine groups is 1. The minimum absolute atomic E-state index is 0.661. The van der Waals surface area contributed by atoms with Crippen molar-refractivity contribution >= 4 is 5.69 Å². The molecule has 0 radical (unpaired) electrons. The summed E-state index contributed by atoms with van der Waals surface area (Å²) in [5, 5.41) is 0. The van der Waals surface area contributed by atoms with Gasteiger partial charge in [0.15, 0.2) is 5.69 Å². The number of rotatable bonds is 3. The molecule has 0 amide bonds. The Morgan fingerprint density at radius 1 is 1.42 bits per heavy atom. The predicted octanol–water partition coefficient (Wildman–Crippen LogP) is 1.89. The van der Waals surface area contributed by atoms with Crippen LogP contribution in [0.25, 0.3) is 4.85 Å². The first-order valence-corrected chi connectivity index (χ1v) is 3.59. The van der Waals surface area contributed by atoms with Gasteiger partial charge in [0.05, 0.1) is 13.7 Å². The highest BCUT2D eigenvalue weighted by atomic mass is 16.6. The van der Waals surface area contributed by atoms with Crippen molar-refractivity contribution < 1.29 is 4.84 Å². The summed E-state index contributed by atoms with van der Waals surface area (Å²) in [6.07, 6.45) is 0. The fraction of sp³-hybridized carbons (Fsp3) is 0.222. The van der Waals surface area contributed by atoms with Gasteiger partial charge in [0.1, 0.15) is 0 Å². The van der Waals surface area contributed by atoms with Gasteiger partial charge in [0.2, 0.25) is 0 Å². The highest BCUT2D eigenvalue weighted by Gasteiger charge is 1.91. The van der Waals surface area contributed by atoms with E-state index in [9.17, 15) is 0 Å². The van der Waals surface area contributed by atoms with Gasteiger partial charge in [-0.2, -0.15) is 5.48 Å². The first kappa shape index (κ1) is 8.72. The van der Waals surface area contributed by atoms with Gasteiger partial charge < -0.3 is 4.84 Å². The van der Waals surface area contributed by atoms with Gasteiger partial charge >= 0.3 is 0 Å². The standard InChI is InChI=1S/C9H10N2O/c1-10-9-5-3-8(4-6-9)7-11-12-2/h3-6,11H,7H2,2H3. The third-order valence-corrected chi connectivity index (χ3v) is 1.49. The second-order valence-corrected chi connectivity index (χ2v) is 2.30. The summed E-state index contributed by atoms with van der Waals surface area (Å²) < 4.78 is 0. The fourth-order valence-corrected chi connectivity index (χ4v) is 0.844. The zero-order valence-electron chi connectivity index (χ0n) is 6.87. The normalized spacial score (nSPS) is 9.33. The summed E-state index contributed by atoms with van der Waals surface area (Å²) in [4.78, 5) is 7.98. The molecule has 3 nitrogen and oxygen atoms in total. The van der Waals surface area contributed by atoms with Crippen molar-refractivity contribution in [3.8, 4) is 0 Å². The van der Waals surface area contributed by atoms with Gasteiger partial charge in [-0.15, -0.1) is 0 Å². The lowest BCUT2D eigenvalue weighted by Gasteiger charge is -2.00. The monoisotopic (exact) mass is 162 g/mol. The third-order valence-electron chi connectivity index (χ3n) is 1.49. The largest absolute Gasteiger partial charge is 0.305 e. The van der Waals surface area contributed by atoms with E-state index in [0.717, 1.165) is 5.56 Å². The highest BCUT2D eigenvalue weighted by molar-refractivity contribution is 5.45. The molecule has 0 aliphatic carbocycles. The fourth-order valence-electron chi connectivity index (χ4n) is 0.844. The quantitative estimate of drug-likeness (QED) is 0.542. The molecule has 0 fully saturated rings. The number of hydrogen-bond donors (Lipinski definition) is 1. The molecule has 1 rings (SSSR count). The number of nitrogens with one attached hydrogen (secondary N) is 1. The average molecular weight is 162 g/mol. The number of benzene rings is 1. The second kappa shape index (κ2) is 4.50. The highest BCUT2D eigenvalue weighted by Crippen LogP contribution is 2.11. The SMILES string of the molecule is [C-]#[N+]c1ccc(CNOC)cc1. The van der Waals surface area contributed by atoms with Crippen molar-refractivity contribution in [2.24, 2.45) is 0 Å². The third kappa shape index (κ3) is 2.35. The Morgan fingerprint density at radius 3 is 2.58 bits per heavy atom. The van der Waals surface area contributed by atoms with Gasteiger partial charge in [-0.3, -0.25) is 0 Å². The minimum atomic E-state index is 0.661. The van der Waals surface area contributed by atoms with Crippen LogP contribution in [-0.4, -0.2) is 7.11 Å². The van der Waals surface area contributed by atoms with Crippen LogP contribution in [0, 0.1) is 6.57 Å². The van der Waals surface area contributed by atoms with Crippen molar-refractivity contribution in [3.05, 3.63) is 41.2 Å². The van der Waals surface area contributed by atoms with Crippen LogP contribution in [-0.2, 0) is 11.4 Å². The van der Waals surface area contributed by atoms with Crippen LogP contribution in [0.1, 0.15) is 5.56 Å². The van der Waals surface area contributed by atoms with Crippen LogP contribution >= 0.6 is 0 Å². The number of nitrogens with zero attached hydrogens (tertiary/aromatic N) is 1. The predicted molar refractivity (Wildman–Crippen MR) is 46.6 cm³/mol. The summed E-state index contributed by atoms with van der Waals surface area (Å²) in [6.45, 7) is 7.40. The molecule has 1 aromatic rings. The molecule has 62 valence electrons. The maximum atomic E-state index is 6.74. The molecule has 0 atom stereocenters. The Labute approximate surface area is 71.7 Å². The first-order chi connectivity index (χ1) is 5.86. The molecule has 0 saturated carbocycles. The Kier molecular flexibility index (Phi) is 3.27. The maximum absolute atomic E-state index is 6.74. The maximum Gasteiger partial charge on any atom is 0.187 e. The van der Waals surface area contributed by atoms with E-state index < -0.39 is 0 Å². The molecular formula is C9H10N2O. The van der Waals surface area contributed by atoms with E-state index >= 15 is 0 Å². The average Bonchev–Trinajstić information content (AvgIpc) is 2.15. The molecule has 1 aromatic carbocycles. The lowest BCUT2D eigenvalue weighted by atomic mass is 10.2. The summed E-state index contributed by atoms with van der Waals surface area (Å²) in [6, 6.07) is 7.39. The zero-order chi connectivity index (χ0) is 8.81. The summed E-state index contributed by atoms with van der Waals surface area (Å²) in [7, 11) is 1.58. The number of hydrogen-bond acceptors (Lipinski definition) is 2. The van der Waals surface area contributed by atoms with Crippen molar-refractivity contribution in [2.75, 3.05) is 7.11 Å². The van der Waals surface area contributed by atoms with Gasteiger partial charge in [0.25, 0.3) is 0 Å². The van der Waals surface area contributed by atoms with E-state index in [2.05, 4.69) is 10.3 Å². The molecular weight excluding hydrogens is 152 g/mol. The van der Waals surface area contributed by atoms with E-state index in [4.69, 9.17) is 11.4 Å². The van der Waals surface area contributed by atoms with E-state index in [0.29, 0.717) is 12.2 Å². The van der Waals surface area contributed by atoms with Gasteiger partial charge in [-0.05, 0) is 5.56 Å². The van der Waals surface area contributed by atoms with E-state index in [1.165, 1.54) is 0 Å². The molecule has 12 heavy (non-hydrogen) atoms. The Hall–Kier alpha value is -1.37. The Balaban J connectivity index is 2.60.